The lowest BCUT2D eigenvalue weighted by Gasteiger charge is -2.16. The standard InChI is InChI=1S/C15H24N2O/c1-5-17(6-2)11-12-18-16-14(4)15-9-7-13(3)8-10-15/h7-10H,5-6,11-12H2,1-4H3/b16-14-. The van der Waals surface area contributed by atoms with Gasteiger partial charge >= 0.3 is 0 Å². The van der Waals surface area contributed by atoms with Crippen LogP contribution < -0.4 is 0 Å². The van der Waals surface area contributed by atoms with Gasteiger partial charge in [0.2, 0.25) is 0 Å². The van der Waals surface area contributed by atoms with E-state index in [4.69, 9.17) is 4.84 Å². The highest BCUT2D eigenvalue weighted by molar-refractivity contribution is 5.98. The molecule has 0 heterocycles. The van der Waals surface area contributed by atoms with Crippen molar-refractivity contribution in [1.82, 2.24) is 4.90 Å². The molecule has 0 atom stereocenters. The van der Waals surface area contributed by atoms with E-state index in [1.165, 1.54) is 5.56 Å². The number of nitrogens with zero attached hydrogens (tertiary/aromatic N) is 2. The Morgan fingerprint density at radius 3 is 2.33 bits per heavy atom. The third-order valence-electron chi connectivity index (χ3n) is 3.06. The zero-order valence-corrected chi connectivity index (χ0v) is 11.9. The lowest BCUT2D eigenvalue weighted by molar-refractivity contribution is 0.114. The fourth-order valence-corrected chi connectivity index (χ4v) is 1.70. The van der Waals surface area contributed by atoms with Crippen molar-refractivity contribution in [3.63, 3.8) is 0 Å². The Hall–Kier alpha value is -1.35. The van der Waals surface area contributed by atoms with Gasteiger partial charge in [0.15, 0.2) is 0 Å². The van der Waals surface area contributed by atoms with Crippen molar-refractivity contribution in [2.24, 2.45) is 5.16 Å². The molecule has 0 aliphatic carbocycles. The minimum absolute atomic E-state index is 0.644. The summed E-state index contributed by atoms with van der Waals surface area (Å²) in [5.74, 6) is 0. The van der Waals surface area contributed by atoms with Crippen molar-refractivity contribution >= 4 is 5.71 Å². The zero-order chi connectivity index (χ0) is 13.4. The van der Waals surface area contributed by atoms with E-state index < -0.39 is 0 Å². The minimum atomic E-state index is 0.644. The van der Waals surface area contributed by atoms with E-state index in [0.29, 0.717) is 6.61 Å². The summed E-state index contributed by atoms with van der Waals surface area (Å²) < 4.78 is 0. The predicted molar refractivity (Wildman–Crippen MR) is 77.1 cm³/mol. The Labute approximate surface area is 110 Å². The first kappa shape index (κ1) is 14.7. The van der Waals surface area contributed by atoms with Gasteiger partial charge in [-0.15, -0.1) is 0 Å². The molecule has 0 saturated carbocycles. The molecule has 0 aliphatic rings. The van der Waals surface area contributed by atoms with Crippen LogP contribution in [0.15, 0.2) is 29.4 Å². The maximum Gasteiger partial charge on any atom is 0.129 e. The smallest absolute Gasteiger partial charge is 0.129 e. The van der Waals surface area contributed by atoms with E-state index in [9.17, 15) is 0 Å². The number of oxime groups is 1. The van der Waals surface area contributed by atoms with E-state index in [0.717, 1.165) is 30.9 Å². The second-order valence-electron chi connectivity index (χ2n) is 4.40. The van der Waals surface area contributed by atoms with Crippen molar-refractivity contribution in [3.05, 3.63) is 35.4 Å². The van der Waals surface area contributed by atoms with Gasteiger partial charge in [0.25, 0.3) is 0 Å². The molecule has 0 radical (unpaired) electrons. The van der Waals surface area contributed by atoms with Gasteiger partial charge in [-0.2, -0.15) is 0 Å². The molecule has 0 amide bonds. The number of hydrogen-bond acceptors (Lipinski definition) is 3. The highest BCUT2D eigenvalue weighted by atomic mass is 16.6. The van der Waals surface area contributed by atoms with Crippen molar-refractivity contribution in [2.45, 2.75) is 27.7 Å². The highest BCUT2D eigenvalue weighted by Gasteiger charge is 1.99. The Kier molecular flexibility index (Phi) is 6.44. The SMILES string of the molecule is CCN(CC)CCO/N=C(/C)c1ccc(C)cc1. The summed E-state index contributed by atoms with van der Waals surface area (Å²) >= 11 is 0. The van der Waals surface area contributed by atoms with Crippen LogP contribution in [0.2, 0.25) is 0 Å². The fraction of sp³-hybridized carbons (Fsp3) is 0.533. The van der Waals surface area contributed by atoms with Crippen LogP contribution in [0.25, 0.3) is 0 Å². The van der Waals surface area contributed by atoms with Gasteiger partial charge in [0.05, 0.1) is 5.71 Å². The van der Waals surface area contributed by atoms with E-state index in [1.54, 1.807) is 0 Å². The number of aryl methyl sites for hydroxylation is 1. The van der Waals surface area contributed by atoms with Crippen LogP contribution in [-0.4, -0.2) is 36.9 Å². The molecule has 0 saturated heterocycles. The predicted octanol–water partition coefficient (Wildman–Crippen LogP) is 3.08. The number of hydrogen-bond donors (Lipinski definition) is 0. The van der Waals surface area contributed by atoms with Crippen molar-refractivity contribution in [3.8, 4) is 0 Å². The Morgan fingerprint density at radius 1 is 1.17 bits per heavy atom. The molecule has 0 N–H and O–H groups in total. The van der Waals surface area contributed by atoms with Crippen molar-refractivity contribution in [2.75, 3.05) is 26.2 Å². The number of benzene rings is 1. The topological polar surface area (TPSA) is 24.8 Å². The van der Waals surface area contributed by atoms with E-state index in [1.807, 2.05) is 6.92 Å². The van der Waals surface area contributed by atoms with Crippen molar-refractivity contribution in [1.29, 1.82) is 0 Å². The van der Waals surface area contributed by atoms with Crippen LogP contribution in [0.4, 0.5) is 0 Å². The van der Waals surface area contributed by atoms with Crippen molar-refractivity contribution < 1.29 is 4.84 Å². The molecule has 1 aromatic carbocycles. The molecule has 0 unspecified atom stereocenters. The zero-order valence-electron chi connectivity index (χ0n) is 11.9. The third kappa shape index (κ3) is 4.88. The largest absolute Gasteiger partial charge is 0.394 e. The summed E-state index contributed by atoms with van der Waals surface area (Å²) in [7, 11) is 0. The molecule has 0 aromatic heterocycles. The summed E-state index contributed by atoms with van der Waals surface area (Å²) in [6.07, 6.45) is 0. The van der Waals surface area contributed by atoms with Gasteiger partial charge in [-0.05, 0) is 32.5 Å². The average molecular weight is 248 g/mol. The van der Waals surface area contributed by atoms with Gasteiger partial charge in [0, 0.05) is 6.54 Å². The van der Waals surface area contributed by atoms with E-state index >= 15 is 0 Å². The second kappa shape index (κ2) is 7.88. The van der Waals surface area contributed by atoms with E-state index in [2.05, 4.69) is 55.1 Å². The molecule has 18 heavy (non-hydrogen) atoms. The molecule has 1 rings (SSSR count). The first-order chi connectivity index (χ1) is 8.67. The summed E-state index contributed by atoms with van der Waals surface area (Å²) in [5.41, 5.74) is 3.30. The molecule has 1 aromatic rings. The monoisotopic (exact) mass is 248 g/mol. The summed E-state index contributed by atoms with van der Waals surface area (Å²) in [5, 5.41) is 4.15. The van der Waals surface area contributed by atoms with Gasteiger partial charge in [-0.1, -0.05) is 48.8 Å². The lowest BCUT2D eigenvalue weighted by Crippen LogP contribution is -2.26. The molecular weight excluding hydrogens is 224 g/mol. The van der Waals surface area contributed by atoms with Crippen LogP contribution in [-0.2, 0) is 4.84 Å². The molecule has 3 nitrogen and oxygen atoms in total. The molecule has 3 heteroatoms. The van der Waals surface area contributed by atoms with E-state index in [-0.39, 0.29) is 0 Å². The quantitative estimate of drug-likeness (QED) is 0.421. The summed E-state index contributed by atoms with van der Waals surface area (Å²) in [6.45, 7) is 12.1. The molecule has 0 bridgehead atoms. The molecule has 0 fully saturated rings. The normalized spacial score (nSPS) is 11.9. The first-order valence-electron chi connectivity index (χ1n) is 6.63. The molecule has 100 valence electrons. The maximum absolute atomic E-state index is 5.36. The minimum Gasteiger partial charge on any atom is -0.394 e. The summed E-state index contributed by atoms with van der Waals surface area (Å²) in [4.78, 5) is 7.68. The maximum atomic E-state index is 5.36. The van der Waals surface area contributed by atoms with Gasteiger partial charge < -0.3 is 9.74 Å². The fourth-order valence-electron chi connectivity index (χ4n) is 1.70. The number of rotatable bonds is 7. The van der Waals surface area contributed by atoms with Crippen LogP contribution in [0.3, 0.4) is 0 Å². The molecular formula is C15H24N2O. The van der Waals surface area contributed by atoms with Crippen LogP contribution in [0, 0.1) is 6.92 Å². The van der Waals surface area contributed by atoms with Gasteiger partial charge in [-0.25, -0.2) is 0 Å². The lowest BCUT2D eigenvalue weighted by atomic mass is 10.1. The van der Waals surface area contributed by atoms with Gasteiger partial charge in [0.1, 0.15) is 6.61 Å². The molecule has 0 aliphatic heterocycles. The van der Waals surface area contributed by atoms with Crippen LogP contribution in [0.5, 0.6) is 0 Å². The Morgan fingerprint density at radius 2 is 1.78 bits per heavy atom. The third-order valence-corrected chi connectivity index (χ3v) is 3.06. The highest BCUT2D eigenvalue weighted by Crippen LogP contribution is 2.04. The van der Waals surface area contributed by atoms with Gasteiger partial charge in [-0.3, -0.25) is 0 Å². The Balaban J connectivity index is 2.40. The molecule has 0 spiro atoms. The second-order valence-corrected chi connectivity index (χ2v) is 4.40. The average Bonchev–Trinajstić information content (AvgIpc) is 2.39. The number of likely N-dealkylation sites (N-methyl/N-ethyl adjacent to an activating group) is 1. The van der Waals surface area contributed by atoms with Crippen LogP contribution >= 0.6 is 0 Å². The Bertz CT molecular complexity index is 367. The first-order valence-corrected chi connectivity index (χ1v) is 6.63. The van der Waals surface area contributed by atoms with Crippen LogP contribution in [0.1, 0.15) is 31.9 Å². The summed E-state index contributed by atoms with van der Waals surface area (Å²) in [6, 6.07) is 8.32.